The molecule has 0 saturated heterocycles. The number of aliphatic carboxylic acids is 1. The smallest absolute Gasteiger partial charge is 0.305 e. The third kappa shape index (κ3) is 4.63. The number of benzene rings is 1. The highest BCUT2D eigenvalue weighted by molar-refractivity contribution is 9.10. The van der Waals surface area contributed by atoms with E-state index in [4.69, 9.17) is 5.11 Å². The maximum atomic E-state index is 13.1. The lowest BCUT2D eigenvalue weighted by Crippen LogP contribution is -2.40. The van der Waals surface area contributed by atoms with Gasteiger partial charge in [0.1, 0.15) is 5.82 Å². The summed E-state index contributed by atoms with van der Waals surface area (Å²) in [5.74, 6) is -2.04. The second-order valence-corrected chi connectivity index (χ2v) is 5.40. The highest BCUT2D eigenvalue weighted by atomic mass is 79.9. The number of carbonyl (C=O) groups is 2. The zero-order valence-corrected chi connectivity index (χ0v) is 12.2. The SMILES string of the molecule is CC(C)C(CC(=O)O)NC(=O)c1cc(F)ccc1Br. The van der Waals surface area contributed by atoms with Gasteiger partial charge in [-0.3, -0.25) is 9.59 Å². The highest BCUT2D eigenvalue weighted by Gasteiger charge is 2.21. The summed E-state index contributed by atoms with van der Waals surface area (Å²) >= 11 is 3.17. The lowest BCUT2D eigenvalue weighted by Gasteiger charge is -2.21. The molecule has 1 amide bonds. The van der Waals surface area contributed by atoms with E-state index < -0.39 is 23.7 Å². The number of halogens is 2. The summed E-state index contributed by atoms with van der Waals surface area (Å²) < 4.78 is 13.6. The molecule has 0 bridgehead atoms. The van der Waals surface area contributed by atoms with Crippen LogP contribution in [0.1, 0.15) is 30.6 Å². The predicted molar refractivity (Wildman–Crippen MR) is 72.4 cm³/mol. The minimum atomic E-state index is -0.989. The highest BCUT2D eigenvalue weighted by Crippen LogP contribution is 2.18. The first-order valence-electron chi connectivity index (χ1n) is 5.79. The lowest BCUT2D eigenvalue weighted by atomic mass is 10.0. The Kier molecular flexibility index (Phi) is 5.47. The van der Waals surface area contributed by atoms with Crippen molar-refractivity contribution in [1.82, 2.24) is 5.32 Å². The number of amides is 1. The molecule has 0 aliphatic heterocycles. The molecule has 104 valence electrons. The van der Waals surface area contributed by atoms with E-state index in [2.05, 4.69) is 21.2 Å². The second kappa shape index (κ2) is 6.65. The van der Waals surface area contributed by atoms with Crippen molar-refractivity contribution in [2.75, 3.05) is 0 Å². The Balaban J connectivity index is 2.87. The summed E-state index contributed by atoms with van der Waals surface area (Å²) in [6.07, 6.45) is -0.170. The lowest BCUT2D eigenvalue weighted by molar-refractivity contribution is -0.137. The fraction of sp³-hybridized carbons (Fsp3) is 0.385. The van der Waals surface area contributed by atoms with E-state index in [1.165, 1.54) is 12.1 Å². The Morgan fingerprint density at radius 1 is 1.42 bits per heavy atom. The van der Waals surface area contributed by atoms with Gasteiger partial charge in [0.05, 0.1) is 12.0 Å². The monoisotopic (exact) mass is 331 g/mol. The molecule has 19 heavy (non-hydrogen) atoms. The van der Waals surface area contributed by atoms with Gasteiger partial charge in [0.25, 0.3) is 5.91 Å². The van der Waals surface area contributed by atoms with Crippen molar-refractivity contribution in [3.63, 3.8) is 0 Å². The van der Waals surface area contributed by atoms with Crippen LogP contribution in [0, 0.1) is 11.7 Å². The average Bonchev–Trinajstić information content (AvgIpc) is 2.30. The molecule has 0 spiro atoms. The van der Waals surface area contributed by atoms with E-state index in [9.17, 15) is 14.0 Å². The Hall–Kier alpha value is -1.43. The van der Waals surface area contributed by atoms with Crippen molar-refractivity contribution < 1.29 is 19.1 Å². The Morgan fingerprint density at radius 3 is 2.58 bits per heavy atom. The van der Waals surface area contributed by atoms with Crippen LogP contribution in [0.5, 0.6) is 0 Å². The molecule has 0 saturated carbocycles. The summed E-state index contributed by atoms with van der Waals surface area (Å²) in [5, 5.41) is 11.4. The zero-order chi connectivity index (χ0) is 14.6. The van der Waals surface area contributed by atoms with Crippen molar-refractivity contribution in [1.29, 1.82) is 0 Å². The molecule has 0 fully saturated rings. The third-order valence-electron chi connectivity index (χ3n) is 2.69. The molecule has 0 aromatic heterocycles. The first-order chi connectivity index (χ1) is 8.81. The molecule has 1 unspecified atom stereocenters. The van der Waals surface area contributed by atoms with Crippen LogP contribution in [0.2, 0.25) is 0 Å². The number of rotatable bonds is 5. The van der Waals surface area contributed by atoms with Crippen LogP contribution in [0.25, 0.3) is 0 Å². The summed E-state index contributed by atoms with van der Waals surface area (Å²) in [6.45, 7) is 3.63. The van der Waals surface area contributed by atoms with Crippen LogP contribution in [0.3, 0.4) is 0 Å². The van der Waals surface area contributed by atoms with Gasteiger partial charge in [-0.2, -0.15) is 0 Å². The van der Waals surface area contributed by atoms with Gasteiger partial charge in [-0.05, 0) is 40.0 Å². The summed E-state index contributed by atoms with van der Waals surface area (Å²) in [4.78, 5) is 22.7. The Bertz CT molecular complexity index is 491. The van der Waals surface area contributed by atoms with Crippen molar-refractivity contribution in [2.24, 2.45) is 5.92 Å². The van der Waals surface area contributed by atoms with Crippen molar-refractivity contribution in [3.8, 4) is 0 Å². The van der Waals surface area contributed by atoms with Crippen LogP contribution in [-0.2, 0) is 4.79 Å². The van der Waals surface area contributed by atoms with Gasteiger partial charge in [-0.1, -0.05) is 13.8 Å². The van der Waals surface area contributed by atoms with Gasteiger partial charge in [-0.25, -0.2) is 4.39 Å². The molecule has 1 atom stereocenters. The number of hydrogen-bond donors (Lipinski definition) is 2. The molecule has 0 radical (unpaired) electrons. The van der Waals surface area contributed by atoms with Crippen LogP contribution >= 0.6 is 15.9 Å². The molecule has 1 rings (SSSR count). The van der Waals surface area contributed by atoms with Gasteiger partial charge >= 0.3 is 5.97 Å². The predicted octanol–water partition coefficient (Wildman–Crippen LogP) is 2.82. The normalized spacial score (nSPS) is 12.3. The zero-order valence-electron chi connectivity index (χ0n) is 10.6. The molecular formula is C13H15BrFNO3. The standard InChI is InChI=1S/C13H15BrFNO3/c1-7(2)11(6-12(17)18)16-13(19)9-5-8(15)3-4-10(9)14/h3-5,7,11H,6H2,1-2H3,(H,16,19)(H,17,18). The molecule has 0 heterocycles. The van der Waals surface area contributed by atoms with Crippen molar-refractivity contribution in [2.45, 2.75) is 26.3 Å². The third-order valence-corrected chi connectivity index (χ3v) is 3.38. The molecule has 2 N–H and O–H groups in total. The van der Waals surface area contributed by atoms with E-state index in [-0.39, 0.29) is 17.9 Å². The van der Waals surface area contributed by atoms with Crippen molar-refractivity contribution >= 4 is 27.8 Å². The molecule has 4 nitrogen and oxygen atoms in total. The molecule has 0 aliphatic carbocycles. The van der Waals surface area contributed by atoms with Gasteiger partial charge in [-0.15, -0.1) is 0 Å². The molecule has 1 aromatic carbocycles. The van der Waals surface area contributed by atoms with E-state index in [0.29, 0.717) is 4.47 Å². The van der Waals surface area contributed by atoms with E-state index in [1.54, 1.807) is 0 Å². The topological polar surface area (TPSA) is 66.4 Å². The molecule has 6 heteroatoms. The minimum Gasteiger partial charge on any atom is -0.481 e. The first-order valence-corrected chi connectivity index (χ1v) is 6.58. The van der Waals surface area contributed by atoms with E-state index >= 15 is 0 Å². The van der Waals surface area contributed by atoms with Crippen molar-refractivity contribution in [3.05, 3.63) is 34.1 Å². The quantitative estimate of drug-likeness (QED) is 0.871. The van der Waals surface area contributed by atoms with E-state index in [1.807, 2.05) is 13.8 Å². The van der Waals surface area contributed by atoms with Gasteiger partial charge < -0.3 is 10.4 Å². The average molecular weight is 332 g/mol. The maximum Gasteiger partial charge on any atom is 0.305 e. The number of carbonyl (C=O) groups excluding carboxylic acids is 1. The van der Waals surface area contributed by atoms with Crippen LogP contribution < -0.4 is 5.32 Å². The summed E-state index contributed by atoms with van der Waals surface area (Å²) in [7, 11) is 0. The fourth-order valence-corrected chi connectivity index (χ4v) is 1.99. The fourth-order valence-electron chi connectivity index (χ4n) is 1.56. The maximum absolute atomic E-state index is 13.1. The van der Waals surface area contributed by atoms with Gasteiger partial charge in [0, 0.05) is 10.5 Å². The first kappa shape index (κ1) is 15.6. The van der Waals surface area contributed by atoms with Crippen LogP contribution in [0.4, 0.5) is 4.39 Å². The molecule has 0 aliphatic rings. The Morgan fingerprint density at radius 2 is 2.05 bits per heavy atom. The second-order valence-electron chi connectivity index (χ2n) is 4.55. The number of nitrogens with one attached hydrogen (secondary N) is 1. The summed E-state index contributed by atoms with van der Waals surface area (Å²) in [6, 6.07) is 3.28. The minimum absolute atomic E-state index is 0.0348. The molecule has 1 aromatic rings. The van der Waals surface area contributed by atoms with Gasteiger partial charge in [0.2, 0.25) is 0 Å². The van der Waals surface area contributed by atoms with Crippen LogP contribution in [-0.4, -0.2) is 23.0 Å². The Labute approximate surface area is 119 Å². The largest absolute Gasteiger partial charge is 0.481 e. The number of carboxylic acids is 1. The number of hydrogen-bond acceptors (Lipinski definition) is 2. The van der Waals surface area contributed by atoms with E-state index in [0.717, 1.165) is 6.07 Å². The van der Waals surface area contributed by atoms with Crippen LogP contribution in [0.15, 0.2) is 22.7 Å². The summed E-state index contributed by atoms with van der Waals surface area (Å²) in [5.41, 5.74) is 0.149. The van der Waals surface area contributed by atoms with Gasteiger partial charge in [0.15, 0.2) is 0 Å². The number of carboxylic acid groups (broad SMARTS) is 1. The molecular weight excluding hydrogens is 317 g/mol.